The molecule has 0 radical (unpaired) electrons. The summed E-state index contributed by atoms with van der Waals surface area (Å²) in [6, 6.07) is 14.2. The first-order valence-corrected chi connectivity index (χ1v) is 9.55. The van der Waals surface area contributed by atoms with Gasteiger partial charge in [0, 0.05) is 16.9 Å². The lowest BCUT2D eigenvalue weighted by molar-refractivity contribution is -0.142. The maximum absolute atomic E-state index is 13.1. The highest BCUT2D eigenvalue weighted by Crippen LogP contribution is 2.28. The van der Waals surface area contributed by atoms with E-state index in [4.69, 9.17) is 10.5 Å². The van der Waals surface area contributed by atoms with Crippen LogP contribution in [0.4, 0.5) is 0 Å². The molecule has 7 heteroatoms. The lowest BCUT2D eigenvalue weighted by Gasteiger charge is -2.31. The summed E-state index contributed by atoms with van der Waals surface area (Å²) in [5, 5.41) is 9.83. The number of Topliss-reactive ketones (excluding diaryl/α,β-unsaturated/α-hetero) is 2. The Labute approximate surface area is 161 Å². The maximum Gasteiger partial charge on any atom is 0.332 e. The zero-order valence-electron chi connectivity index (χ0n) is 15.0. The monoisotopic (exact) mass is 387 g/mol. The van der Waals surface area contributed by atoms with Crippen LogP contribution < -0.4 is 10.5 Å². The number of ketones is 2. The smallest absolute Gasteiger partial charge is 0.332 e. The minimum Gasteiger partial charge on any atom is -0.497 e. The Morgan fingerprint density at radius 3 is 2.15 bits per heavy atom. The van der Waals surface area contributed by atoms with E-state index >= 15 is 0 Å². The summed E-state index contributed by atoms with van der Waals surface area (Å²) in [5.41, 5.74) is 4.18. The van der Waals surface area contributed by atoms with Crippen molar-refractivity contribution < 1.29 is 24.2 Å². The number of hydrogen-bond donors (Lipinski definition) is 2. The molecule has 0 fully saturated rings. The lowest BCUT2D eigenvalue weighted by Crippen LogP contribution is -2.63. The highest BCUT2D eigenvalue weighted by atomic mass is 32.2. The number of carboxylic acids is 1. The van der Waals surface area contributed by atoms with Crippen LogP contribution in [0.2, 0.25) is 0 Å². The predicted octanol–water partition coefficient (Wildman–Crippen LogP) is 2.52. The summed E-state index contributed by atoms with van der Waals surface area (Å²) < 4.78 is 5.05. The van der Waals surface area contributed by atoms with E-state index in [9.17, 15) is 19.5 Å². The van der Waals surface area contributed by atoms with Crippen LogP contribution in [-0.2, 0) is 4.79 Å². The van der Waals surface area contributed by atoms with Crippen LogP contribution in [0.1, 0.15) is 20.7 Å². The van der Waals surface area contributed by atoms with Gasteiger partial charge in [0.1, 0.15) is 5.75 Å². The van der Waals surface area contributed by atoms with E-state index in [1.54, 1.807) is 36.6 Å². The van der Waals surface area contributed by atoms with Gasteiger partial charge in [0.25, 0.3) is 0 Å². The number of hydrogen-bond acceptors (Lipinski definition) is 6. The van der Waals surface area contributed by atoms with Crippen LogP contribution in [0.5, 0.6) is 5.75 Å². The molecule has 0 heterocycles. The fourth-order valence-corrected chi connectivity index (χ4v) is 3.52. The second-order valence-corrected chi connectivity index (χ2v) is 6.88. The first kappa shape index (κ1) is 20.7. The number of thioether (sulfide) groups is 1. The zero-order chi connectivity index (χ0) is 20.0. The van der Waals surface area contributed by atoms with Crippen LogP contribution in [0.25, 0.3) is 0 Å². The van der Waals surface area contributed by atoms with Crippen molar-refractivity contribution in [2.24, 2.45) is 11.7 Å². The number of rotatable bonds is 9. The van der Waals surface area contributed by atoms with E-state index in [1.807, 2.05) is 0 Å². The van der Waals surface area contributed by atoms with Crippen LogP contribution in [0.15, 0.2) is 54.6 Å². The van der Waals surface area contributed by atoms with E-state index in [0.717, 1.165) is 0 Å². The average Bonchev–Trinajstić information content (AvgIpc) is 2.71. The van der Waals surface area contributed by atoms with Crippen LogP contribution in [0, 0.1) is 5.92 Å². The molecule has 0 aliphatic carbocycles. The van der Waals surface area contributed by atoms with E-state index in [2.05, 4.69) is 0 Å². The second kappa shape index (κ2) is 8.83. The molecule has 27 heavy (non-hydrogen) atoms. The molecule has 2 atom stereocenters. The molecule has 2 aromatic rings. The van der Waals surface area contributed by atoms with Crippen LogP contribution in [-0.4, -0.2) is 47.3 Å². The Kier molecular flexibility index (Phi) is 6.76. The summed E-state index contributed by atoms with van der Waals surface area (Å²) in [7, 11) is 1.48. The summed E-state index contributed by atoms with van der Waals surface area (Å²) in [6.45, 7) is 0. The topological polar surface area (TPSA) is 107 Å². The molecule has 0 aliphatic rings. The zero-order valence-corrected chi connectivity index (χ0v) is 15.9. The molecule has 2 aromatic carbocycles. The molecule has 142 valence electrons. The maximum atomic E-state index is 13.1. The molecule has 0 aliphatic heterocycles. The van der Waals surface area contributed by atoms with Crippen LogP contribution in [0.3, 0.4) is 0 Å². The minimum absolute atomic E-state index is 0.0957. The highest BCUT2D eigenvalue weighted by Gasteiger charge is 2.52. The summed E-state index contributed by atoms with van der Waals surface area (Å²) >= 11 is 1.26. The number of carbonyl (C=O) groups is 3. The van der Waals surface area contributed by atoms with Crippen molar-refractivity contribution in [1.82, 2.24) is 0 Å². The van der Waals surface area contributed by atoms with Crippen molar-refractivity contribution >= 4 is 29.3 Å². The largest absolute Gasteiger partial charge is 0.497 e. The summed E-state index contributed by atoms with van der Waals surface area (Å²) in [5.74, 6) is -3.44. The van der Waals surface area contributed by atoms with Gasteiger partial charge < -0.3 is 15.6 Å². The first-order chi connectivity index (χ1) is 12.9. The average molecular weight is 387 g/mol. The Morgan fingerprint density at radius 2 is 1.67 bits per heavy atom. The molecule has 0 aromatic heterocycles. The SMILES string of the molecule is COc1ccc(C(=O)C(N)(C(=O)O)C(CSC)C(=O)c2ccccc2)cc1. The second-order valence-electron chi connectivity index (χ2n) is 5.97. The minimum atomic E-state index is -2.38. The Balaban J connectivity index is 2.50. The van der Waals surface area contributed by atoms with Crippen molar-refractivity contribution in [2.75, 3.05) is 19.1 Å². The van der Waals surface area contributed by atoms with Gasteiger partial charge in [-0.25, -0.2) is 4.79 Å². The molecule has 0 saturated carbocycles. The van der Waals surface area contributed by atoms with Crippen molar-refractivity contribution in [3.63, 3.8) is 0 Å². The van der Waals surface area contributed by atoms with Gasteiger partial charge in [0.05, 0.1) is 13.0 Å². The summed E-state index contributed by atoms with van der Waals surface area (Å²) in [6.07, 6.45) is 1.73. The van der Waals surface area contributed by atoms with E-state index in [1.165, 1.54) is 43.1 Å². The number of aliphatic carboxylic acids is 1. The molecule has 2 unspecified atom stereocenters. The van der Waals surface area contributed by atoms with Crippen molar-refractivity contribution in [3.05, 3.63) is 65.7 Å². The molecular weight excluding hydrogens is 366 g/mol. The Bertz CT molecular complexity index is 822. The lowest BCUT2D eigenvalue weighted by atomic mass is 9.76. The van der Waals surface area contributed by atoms with E-state index in [0.29, 0.717) is 11.3 Å². The molecule has 0 spiro atoms. The fourth-order valence-electron chi connectivity index (χ4n) is 2.77. The predicted molar refractivity (Wildman–Crippen MR) is 105 cm³/mol. The van der Waals surface area contributed by atoms with E-state index < -0.39 is 29.0 Å². The first-order valence-electron chi connectivity index (χ1n) is 8.15. The van der Waals surface area contributed by atoms with Gasteiger partial charge in [-0.1, -0.05) is 30.3 Å². The number of carboxylic acid groups (broad SMARTS) is 1. The number of carbonyl (C=O) groups excluding carboxylic acids is 2. The summed E-state index contributed by atoms with van der Waals surface area (Å²) in [4.78, 5) is 38.1. The van der Waals surface area contributed by atoms with Gasteiger partial charge in [-0.05, 0) is 30.5 Å². The molecule has 6 nitrogen and oxygen atoms in total. The van der Waals surface area contributed by atoms with Gasteiger partial charge in [0.15, 0.2) is 17.1 Å². The fraction of sp³-hybridized carbons (Fsp3) is 0.250. The molecular formula is C20H21NO5S. The molecule has 0 amide bonds. The van der Waals surface area contributed by atoms with Crippen molar-refractivity contribution in [3.8, 4) is 5.75 Å². The van der Waals surface area contributed by atoms with Gasteiger partial charge in [0.2, 0.25) is 0 Å². The Hall–Kier alpha value is -2.64. The number of nitrogens with two attached hydrogens (primary N) is 1. The molecule has 3 N–H and O–H groups in total. The normalized spacial score (nSPS) is 14.0. The third-order valence-corrected chi connectivity index (χ3v) is 5.01. The molecule has 2 rings (SSSR count). The highest BCUT2D eigenvalue weighted by molar-refractivity contribution is 7.98. The van der Waals surface area contributed by atoms with Gasteiger partial charge in [-0.2, -0.15) is 11.8 Å². The number of methoxy groups -OCH3 is 1. The molecule has 0 bridgehead atoms. The third-order valence-electron chi connectivity index (χ3n) is 4.34. The standard InChI is InChI=1S/C20H21NO5S/c1-26-15-10-8-14(9-11-15)18(23)20(21,19(24)25)16(12-27-2)17(22)13-6-4-3-5-7-13/h3-11,16H,12,21H2,1-2H3,(H,24,25). The Morgan fingerprint density at radius 1 is 1.07 bits per heavy atom. The number of benzene rings is 2. The number of ether oxygens (including phenoxy) is 1. The van der Waals surface area contributed by atoms with Crippen molar-refractivity contribution in [1.29, 1.82) is 0 Å². The van der Waals surface area contributed by atoms with Crippen LogP contribution >= 0.6 is 11.8 Å². The van der Waals surface area contributed by atoms with Gasteiger partial charge in [-0.15, -0.1) is 0 Å². The van der Waals surface area contributed by atoms with Gasteiger partial charge in [-0.3, -0.25) is 9.59 Å². The third kappa shape index (κ3) is 4.20. The molecule has 0 saturated heterocycles. The van der Waals surface area contributed by atoms with E-state index in [-0.39, 0.29) is 11.3 Å². The quantitative estimate of drug-likeness (QED) is 0.503. The van der Waals surface area contributed by atoms with Crippen molar-refractivity contribution in [2.45, 2.75) is 5.54 Å². The van der Waals surface area contributed by atoms with Gasteiger partial charge >= 0.3 is 5.97 Å².